The molecule has 0 heterocycles. The van der Waals surface area contributed by atoms with E-state index in [9.17, 15) is 9.59 Å². The molecule has 0 bridgehead atoms. The molecule has 0 atom stereocenters. The Morgan fingerprint density at radius 2 is 1.50 bits per heavy atom. The maximum atomic E-state index is 12.7. The molecule has 0 unspecified atom stereocenters. The number of carbonyl (C=O) groups is 2. The van der Waals surface area contributed by atoms with Crippen molar-refractivity contribution in [2.75, 3.05) is 33.0 Å². The van der Waals surface area contributed by atoms with Gasteiger partial charge in [0.2, 0.25) is 0 Å². The first-order valence-corrected chi connectivity index (χ1v) is 13.1. The number of hydrogen-bond acceptors (Lipinski definition) is 6. The van der Waals surface area contributed by atoms with Gasteiger partial charge in [0.1, 0.15) is 18.1 Å². The van der Waals surface area contributed by atoms with Crippen LogP contribution in [0.15, 0.2) is 66.7 Å². The fourth-order valence-corrected chi connectivity index (χ4v) is 4.58. The topological polar surface area (TPSA) is 83.1 Å². The van der Waals surface area contributed by atoms with Crippen molar-refractivity contribution < 1.29 is 28.5 Å². The quantitative estimate of drug-likeness (QED) is 0.192. The van der Waals surface area contributed by atoms with Crippen LogP contribution in [0.2, 0.25) is 0 Å². The van der Waals surface area contributed by atoms with E-state index in [2.05, 4.69) is 24.0 Å². The van der Waals surface area contributed by atoms with Crippen molar-refractivity contribution in [2.45, 2.75) is 39.0 Å². The van der Waals surface area contributed by atoms with Gasteiger partial charge in [-0.25, -0.2) is 9.59 Å². The summed E-state index contributed by atoms with van der Waals surface area (Å²) in [6.45, 7) is 6.61. The molecule has 3 aromatic rings. The van der Waals surface area contributed by atoms with Gasteiger partial charge in [-0.1, -0.05) is 61.2 Å². The molecule has 0 aromatic heterocycles. The van der Waals surface area contributed by atoms with E-state index >= 15 is 0 Å². The Bertz CT molecular complexity index is 1270. The molecule has 7 nitrogen and oxygen atoms in total. The van der Waals surface area contributed by atoms with E-state index in [4.69, 9.17) is 18.9 Å². The minimum absolute atomic E-state index is 0.133. The van der Waals surface area contributed by atoms with Gasteiger partial charge in [0, 0.05) is 40.4 Å². The summed E-state index contributed by atoms with van der Waals surface area (Å²) in [6, 6.07) is 18.2. The highest BCUT2D eigenvalue weighted by Gasteiger charge is 2.25. The smallest absolute Gasteiger partial charge is 0.412 e. The molecule has 1 N–H and O–H groups in total. The molecule has 1 amide bonds. The molecular formula is C31H35NO6. The monoisotopic (exact) mass is 517 g/mol. The minimum Gasteiger partial charge on any atom is -0.492 e. The van der Waals surface area contributed by atoms with Gasteiger partial charge in [0.25, 0.3) is 0 Å². The zero-order valence-electron chi connectivity index (χ0n) is 21.9. The van der Waals surface area contributed by atoms with Crippen LogP contribution in [0.1, 0.15) is 36.5 Å². The van der Waals surface area contributed by atoms with E-state index in [-0.39, 0.29) is 26.4 Å². The van der Waals surface area contributed by atoms with Crippen LogP contribution in [0.5, 0.6) is 11.5 Å². The van der Waals surface area contributed by atoms with E-state index < -0.39 is 12.1 Å². The summed E-state index contributed by atoms with van der Waals surface area (Å²) in [4.78, 5) is 24.1. The maximum Gasteiger partial charge on any atom is 0.412 e. The molecule has 200 valence electrons. The van der Waals surface area contributed by atoms with Gasteiger partial charge in [-0.3, -0.25) is 0 Å². The van der Waals surface area contributed by atoms with Crippen LogP contribution >= 0.6 is 0 Å². The van der Waals surface area contributed by atoms with Crippen LogP contribution in [-0.4, -0.2) is 45.0 Å². The highest BCUT2D eigenvalue weighted by atomic mass is 16.6. The fraction of sp³-hybridized carbons (Fsp3) is 0.355. The first-order valence-electron chi connectivity index (χ1n) is 13.1. The van der Waals surface area contributed by atoms with Crippen molar-refractivity contribution in [1.29, 1.82) is 0 Å². The van der Waals surface area contributed by atoms with Crippen molar-refractivity contribution in [3.63, 3.8) is 0 Å². The lowest BCUT2D eigenvalue weighted by molar-refractivity contribution is -0.140. The molecule has 3 aromatic carbocycles. The number of benzene rings is 3. The second-order valence-electron chi connectivity index (χ2n) is 9.30. The van der Waals surface area contributed by atoms with Gasteiger partial charge in [-0.05, 0) is 38.2 Å². The third-order valence-corrected chi connectivity index (χ3v) is 6.43. The third-order valence-electron chi connectivity index (χ3n) is 6.43. The zero-order chi connectivity index (χ0) is 26.7. The summed E-state index contributed by atoms with van der Waals surface area (Å²) in [5, 5.41) is 4.57. The molecule has 38 heavy (non-hydrogen) atoms. The van der Waals surface area contributed by atoms with Crippen LogP contribution in [0.25, 0.3) is 10.8 Å². The van der Waals surface area contributed by atoms with Crippen molar-refractivity contribution in [2.24, 2.45) is 0 Å². The summed E-state index contributed by atoms with van der Waals surface area (Å²) >= 11 is 0. The van der Waals surface area contributed by atoms with Gasteiger partial charge in [0.15, 0.2) is 0 Å². The number of rotatable bonds is 12. The van der Waals surface area contributed by atoms with Crippen LogP contribution in [0, 0.1) is 0 Å². The van der Waals surface area contributed by atoms with Crippen molar-refractivity contribution >= 4 is 22.8 Å². The van der Waals surface area contributed by atoms with Gasteiger partial charge in [-0.15, -0.1) is 0 Å². The highest BCUT2D eigenvalue weighted by molar-refractivity contribution is 5.97. The first kappa shape index (κ1) is 27.2. The molecule has 0 fully saturated rings. The highest BCUT2D eigenvalue weighted by Crippen LogP contribution is 2.44. The summed E-state index contributed by atoms with van der Waals surface area (Å²) in [6.07, 6.45) is 4.13. The molecule has 4 rings (SSSR count). The Morgan fingerprint density at radius 1 is 0.842 bits per heavy atom. The second-order valence-corrected chi connectivity index (χ2v) is 9.30. The Hall–Kier alpha value is -3.84. The largest absolute Gasteiger partial charge is 0.492 e. The number of carbonyl (C=O) groups excluding carboxylic acids is 2. The van der Waals surface area contributed by atoms with Crippen LogP contribution in [0.4, 0.5) is 4.79 Å². The molecular weight excluding hydrogens is 482 g/mol. The first-order chi connectivity index (χ1) is 18.5. The SMILES string of the molecule is C=C(C)C(=O)OCCOCCNC(=O)Oc1c2c(c(OCCc3ccccc3)c3ccccc13)CCCC2. The normalized spacial score (nSPS) is 12.4. The molecule has 0 saturated carbocycles. The molecule has 0 radical (unpaired) electrons. The summed E-state index contributed by atoms with van der Waals surface area (Å²) in [7, 11) is 0. The van der Waals surface area contributed by atoms with Crippen molar-refractivity contribution in [3.05, 3.63) is 83.4 Å². The second kappa shape index (κ2) is 13.6. The molecule has 7 heteroatoms. The summed E-state index contributed by atoms with van der Waals surface area (Å²) in [5.41, 5.74) is 3.77. The standard InChI is InChI=1S/C31H35NO6/c1-22(2)30(33)37-21-20-35-19-17-32-31(34)38-29-26-14-8-6-12-24(26)28(25-13-7-9-15-27(25)29)36-18-16-23-10-4-3-5-11-23/h3-6,8,10-12,14H,1,7,9,13,15-21H2,2H3,(H,32,34). The predicted octanol–water partition coefficient (Wildman–Crippen LogP) is 5.56. The minimum atomic E-state index is -0.530. The summed E-state index contributed by atoms with van der Waals surface area (Å²) < 4.78 is 22.7. The van der Waals surface area contributed by atoms with Crippen molar-refractivity contribution in [1.82, 2.24) is 5.32 Å². The van der Waals surface area contributed by atoms with E-state index in [1.165, 1.54) is 5.56 Å². The average Bonchev–Trinajstić information content (AvgIpc) is 2.94. The van der Waals surface area contributed by atoms with E-state index in [1.54, 1.807) is 6.92 Å². The fourth-order valence-electron chi connectivity index (χ4n) is 4.58. The van der Waals surface area contributed by atoms with Gasteiger partial charge < -0.3 is 24.3 Å². The number of ether oxygens (including phenoxy) is 4. The summed E-state index contributed by atoms with van der Waals surface area (Å²) in [5.74, 6) is 1.06. The molecule has 1 aliphatic carbocycles. The number of fused-ring (bicyclic) bond motifs is 2. The Balaban J connectivity index is 1.40. The lowest BCUT2D eigenvalue weighted by Gasteiger charge is -2.25. The number of nitrogens with one attached hydrogen (secondary N) is 1. The Morgan fingerprint density at radius 3 is 2.21 bits per heavy atom. The van der Waals surface area contributed by atoms with Gasteiger partial charge in [0.05, 0.1) is 19.8 Å². The Labute approximate surface area is 223 Å². The predicted molar refractivity (Wildman–Crippen MR) is 147 cm³/mol. The van der Waals surface area contributed by atoms with Crippen LogP contribution in [0.3, 0.4) is 0 Å². The lowest BCUT2D eigenvalue weighted by atomic mass is 9.87. The zero-order valence-corrected chi connectivity index (χ0v) is 21.9. The van der Waals surface area contributed by atoms with Gasteiger partial charge >= 0.3 is 12.1 Å². The van der Waals surface area contributed by atoms with Crippen molar-refractivity contribution in [3.8, 4) is 11.5 Å². The Kier molecular flexibility index (Phi) is 9.76. The van der Waals surface area contributed by atoms with Gasteiger partial charge in [-0.2, -0.15) is 0 Å². The third kappa shape index (κ3) is 7.13. The maximum absolute atomic E-state index is 12.7. The molecule has 1 aliphatic rings. The molecule has 0 saturated heterocycles. The lowest BCUT2D eigenvalue weighted by Crippen LogP contribution is -2.31. The number of hydrogen-bond donors (Lipinski definition) is 1. The van der Waals surface area contributed by atoms with Crippen LogP contribution in [-0.2, 0) is 33.5 Å². The van der Waals surface area contributed by atoms with E-state index in [0.29, 0.717) is 17.9 Å². The molecule has 0 spiro atoms. The number of amides is 1. The average molecular weight is 518 g/mol. The van der Waals surface area contributed by atoms with E-state index in [0.717, 1.165) is 59.8 Å². The molecule has 0 aliphatic heterocycles. The van der Waals surface area contributed by atoms with E-state index in [1.807, 2.05) is 42.5 Å². The number of esters is 1. The van der Waals surface area contributed by atoms with Crippen LogP contribution < -0.4 is 14.8 Å².